The Balaban J connectivity index is 2.26. The second-order valence-corrected chi connectivity index (χ2v) is 4.17. The van der Waals surface area contributed by atoms with Gasteiger partial charge in [0.25, 0.3) is 0 Å². The van der Waals surface area contributed by atoms with Crippen LogP contribution in [0.15, 0.2) is 24.5 Å². The van der Waals surface area contributed by atoms with Crippen molar-refractivity contribution < 1.29 is 4.79 Å². The minimum atomic E-state index is 0.0417. The van der Waals surface area contributed by atoms with Gasteiger partial charge >= 0.3 is 0 Å². The molecule has 1 atom stereocenters. The third-order valence-corrected chi connectivity index (χ3v) is 2.69. The lowest BCUT2D eigenvalue weighted by molar-refractivity contribution is -0.121. The molecule has 4 nitrogen and oxygen atoms in total. The van der Waals surface area contributed by atoms with Crippen LogP contribution in [0.2, 0.25) is 0 Å². The summed E-state index contributed by atoms with van der Waals surface area (Å²) in [6, 6.07) is 3.87. The van der Waals surface area contributed by atoms with Crippen molar-refractivity contribution in [2.45, 2.75) is 38.6 Å². The molecule has 0 aliphatic carbocycles. The summed E-state index contributed by atoms with van der Waals surface area (Å²) < 4.78 is 0. The topological polar surface area (TPSA) is 68.0 Å². The number of carbonyl (C=O) groups excluding carboxylic acids is 1. The van der Waals surface area contributed by atoms with Gasteiger partial charge in [-0.25, -0.2) is 0 Å². The quantitative estimate of drug-likeness (QED) is 0.708. The summed E-state index contributed by atoms with van der Waals surface area (Å²) in [5.41, 5.74) is 6.47. The fraction of sp³-hybridized carbons (Fsp3) is 0.538. The van der Waals surface area contributed by atoms with E-state index in [4.69, 9.17) is 5.73 Å². The standard InChI is InChI=1S/C13H21N3O/c1-11(12-6-9-15-10-7-12)16-13(17)5-3-2-4-8-14/h6-7,9-11H,2-5,8,14H2,1H3,(H,16,17)/t11-/m1/s1. The molecule has 0 saturated heterocycles. The van der Waals surface area contributed by atoms with Crippen LogP contribution in [0.5, 0.6) is 0 Å². The van der Waals surface area contributed by atoms with Crippen LogP contribution in [0.3, 0.4) is 0 Å². The van der Waals surface area contributed by atoms with E-state index in [1.807, 2.05) is 19.1 Å². The van der Waals surface area contributed by atoms with Crippen LogP contribution >= 0.6 is 0 Å². The van der Waals surface area contributed by atoms with Crippen molar-refractivity contribution in [1.82, 2.24) is 10.3 Å². The van der Waals surface area contributed by atoms with Gasteiger partial charge in [0.2, 0.25) is 5.91 Å². The van der Waals surface area contributed by atoms with Gasteiger partial charge in [0.1, 0.15) is 0 Å². The van der Waals surface area contributed by atoms with Crippen molar-refractivity contribution in [2.75, 3.05) is 6.54 Å². The zero-order valence-electron chi connectivity index (χ0n) is 10.4. The Bertz CT molecular complexity index is 327. The van der Waals surface area contributed by atoms with Crippen LogP contribution < -0.4 is 11.1 Å². The Morgan fingerprint density at radius 2 is 2.06 bits per heavy atom. The summed E-state index contributed by atoms with van der Waals surface area (Å²) >= 11 is 0. The maximum Gasteiger partial charge on any atom is 0.220 e. The lowest BCUT2D eigenvalue weighted by atomic mass is 10.1. The zero-order chi connectivity index (χ0) is 12.5. The summed E-state index contributed by atoms with van der Waals surface area (Å²) in [5, 5.41) is 2.98. The van der Waals surface area contributed by atoms with Crippen molar-refractivity contribution >= 4 is 5.91 Å². The van der Waals surface area contributed by atoms with E-state index in [0.717, 1.165) is 24.8 Å². The van der Waals surface area contributed by atoms with E-state index in [0.29, 0.717) is 13.0 Å². The first-order valence-corrected chi connectivity index (χ1v) is 6.13. The van der Waals surface area contributed by atoms with Crippen molar-refractivity contribution in [3.8, 4) is 0 Å². The predicted molar refractivity (Wildman–Crippen MR) is 68.3 cm³/mol. The van der Waals surface area contributed by atoms with E-state index >= 15 is 0 Å². The van der Waals surface area contributed by atoms with Crippen LogP contribution in [0.25, 0.3) is 0 Å². The van der Waals surface area contributed by atoms with Gasteiger partial charge in [0.15, 0.2) is 0 Å². The van der Waals surface area contributed by atoms with E-state index in [2.05, 4.69) is 10.3 Å². The van der Waals surface area contributed by atoms with Crippen LogP contribution in [0.4, 0.5) is 0 Å². The number of nitrogens with one attached hydrogen (secondary N) is 1. The smallest absolute Gasteiger partial charge is 0.220 e. The first-order valence-electron chi connectivity index (χ1n) is 6.13. The molecule has 0 saturated carbocycles. The fourth-order valence-electron chi connectivity index (χ4n) is 1.66. The van der Waals surface area contributed by atoms with Gasteiger partial charge in [-0.3, -0.25) is 9.78 Å². The molecule has 1 aromatic heterocycles. The summed E-state index contributed by atoms with van der Waals surface area (Å²) in [6.45, 7) is 2.68. The molecule has 0 aliphatic rings. The summed E-state index contributed by atoms with van der Waals surface area (Å²) in [6.07, 6.45) is 6.97. The first kappa shape index (κ1) is 13.6. The molecule has 4 heteroatoms. The Labute approximate surface area is 103 Å². The molecule has 1 heterocycles. The van der Waals surface area contributed by atoms with Gasteiger partial charge in [0, 0.05) is 18.8 Å². The highest BCUT2D eigenvalue weighted by Crippen LogP contribution is 2.10. The number of nitrogens with zero attached hydrogens (tertiary/aromatic N) is 1. The highest BCUT2D eigenvalue weighted by Gasteiger charge is 2.08. The molecule has 94 valence electrons. The Morgan fingerprint density at radius 3 is 2.71 bits per heavy atom. The molecule has 0 radical (unpaired) electrons. The Kier molecular flexibility index (Phi) is 6.25. The number of aromatic nitrogens is 1. The lowest BCUT2D eigenvalue weighted by Crippen LogP contribution is -2.26. The molecule has 3 N–H and O–H groups in total. The minimum Gasteiger partial charge on any atom is -0.350 e. The summed E-state index contributed by atoms with van der Waals surface area (Å²) in [5.74, 6) is 0.103. The van der Waals surface area contributed by atoms with Gasteiger partial charge in [-0.1, -0.05) is 6.42 Å². The molecule has 17 heavy (non-hydrogen) atoms. The molecule has 1 aromatic rings. The number of carbonyl (C=O) groups is 1. The number of hydrogen-bond acceptors (Lipinski definition) is 3. The molecule has 0 unspecified atom stereocenters. The monoisotopic (exact) mass is 235 g/mol. The van der Waals surface area contributed by atoms with E-state index in [-0.39, 0.29) is 11.9 Å². The van der Waals surface area contributed by atoms with E-state index in [1.165, 1.54) is 0 Å². The molecular weight excluding hydrogens is 214 g/mol. The van der Waals surface area contributed by atoms with Crippen molar-refractivity contribution in [2.24, 2.45) is 5.73 Å². The average molecular weight is 235 g/mol. The van der Waals surface area contributed by atoms with Crippen LogP contribution in [-0.4, -0.2) is 17.4 Å². The van der Waals surface area contributed by atoms with Crippen LogP contribution in [0, 0.1) is 0 Å². The van der Waals surface area contributed by atoms with Crippen molar-refractivity contribution in [1.29, 1.82) is 0 Å². The zero-order valence-corrected chi connectivity index (χ0v) is 10.4. The van der Waals surface area contributed by atoms with Crippen LogP contribution in [-0.2, 0) is 4.79 Å². The molecule has 1 rings (SSSR count). The number of unbranched alkanes of at least 4 members (excludes halogenated alkanes) is 2. The summed E-state index contributed by atoms with van der Waals surface area (Å²) in [4.78, 5) is 15.6. The number of hydrogen-bond donors (Lipinski definition) is 2. The van der Waals surface area contributed by atoms with Crippen LogP contribution in [0.1, 0.15) is 44.2 Å². The molecule has 0 fully saturated rings. The maximum atomic E-state index is 11.6. The van der Waals surface area contributed by atoms with Gasteiger partial charge < -0.3 is 11.1 Å². The predicted octanol–water partition coefficient (Wildman–Crippen LogP) is 1.78. The second kappa shape index (κ2) is 7.79. The van der Waals surface area contributed by atoms with Gasteiger partial charge in [0.05, 0.1) is 6.04 Å². The SMILES string of the molecule is C[C@@H](NC(=O)CCCCCN)c1ccncc1. The van der Waals surface area contributed by atoms with Crippen molar-refractivity contribution in [3.63, 3.8) is 0 Å². The third kappa shape index (κ3) is 5.45. The highest BCUT2D eigenvalue weighted by molar-refractivity contribution is 5.76. The largest absolute Gasteiger partial charge is 0.350 e. The van der Waals surface area contributed by atoms with E-state index < -0.39 is 0 Å². The molecular formula is C13H21N3O. The van der Waals surface area contributed by atoms with Gasteiger partial charge in [-0.05, 0) is 44.0 Å². The molecule has 0 aromatic carbocycles. The fourth-order valence-corrected chi connectivity index (χ4v) is 1.66. The lowest BCUT2D eigenvalue weighted by Gasteiger charge is -2.13. The molecule has 0 spiro atoms. The molecule has 0 aliphatic heterocycles. The number of rotatable bonds is 7. The van der Waals surface area contributed by atoms with Crippen molar-refractivity contribution in [3.05, 3.63) is 30.1 Å². The number of nitrogens with two attached hydrogens (primary N) is 1. The number of amides is 1. The maximum absolute atomic E-state index is 11.6. The third-order valence-electron chi connectivity index (χ3n) is 2.69. The highest BCUT2D eigenvalue weighted by atomic mass is 16.1. The molecule has 1 amide bonds. The molecule has 0 bridgehead atoms. The van der Waals surface area contributed by atoms with Gasteiger partial charge in [-0.15, -0.1) is 0 Å². The average Bonchev–Trinajstić information content (AvgIpc) is 2.36. The Morgan fingerprint density at radius 1 is 1.35 bits per heavy atom. The normalized spacial score (nSPS) is 12.1. The number of pyridine rings is 1. The van der Waals surface area contributed by atoms with E-state index in [9.17, 15) is 4.79 Å². The summed E-state index contributed by atoms with van der Waals surface area (Å²) in [7, 11) is 0. The minimum absolute atomic E-state index is 0.0417. The van der Waals surface area contributed by atoms with Gasteiger partial charge in [-0.2, -0.15) is 0 Å². The first-order chi connectivity index (χ1) is 8.24. The Hall–Kier alpha value is -1.42. The second-order valence-electron chi connectivity index (χ2n) is 4.17. The van der Waals surface area contributed by atoms with E-state index in [1.54, 1.807) is 12.4 Å².